The van der Waals surface area contributed by atoms with Gasteiger partial charge in [-0.05, 0) is 42.4 Å². The van der Waals surface area contributed by atoms with E-state index in [0.29, 0.717) is 15.1 Å². The smallest absolute Gasteiger partial charge is 0.270 e. The van der Waals surface area contributed by atoms with E-state index in [1.54, 1.807) is 6.07 Å². The van der Waals surface area contributed by atoms with Crippen LogP contribution in [0.15, 0.2) is 58.6 Å². The van der Waals surface area contributed by atoms with Crippen molar-refractivity contribution in [2.75, 3.05) is 0 Å². The van der Waals surface area contributed by atoms with Crippen LogP contribution >= 0.6 is 23.4 Å². The monoisotopic (exact) mass is 370 g/mol. The van der Waals surface area contributed by atoms with E-state index in [-0.39, 0.29) is 5.69 Å². The number of non-ortho nitro benzene ring substituents is 1. The number of rotatable bonds is 3. The molecule has 0 spiro atoms. The van der Waals surface area contributed by atoms with E-state index in [2.05, 4.69) is 16.3 Å². The zero-order valence-electron chi connectivity index (χ0n) is 13.0. The van der Waals surface area contributed by atoms with Gasteiger partial charge in [-0.3, -0.25) is 14.5 Å². The second kappa shape index (κ2) is 6.02. The van der Waals surface area contributed by atoms with Gasteiger partial charge in [0.2, 0.25) is 5.16 Å². The quantitative estimate of drug-likeness (QED) is 0.378. The molecule has 4 rings (SSSR count). The molecule has 2 aromatic carbocycles. The van der Waals surface area contributed by atoms with Gasteiger partial charge >= 0.3 is 0 Å². The van der Waals surface area contributed by atoms with Crippen molar-refractivity contribution in [1.82, 2.24) is 14.6 Å². The molecule has 0 fully saturated rings. The third-order valence-electron chi connectivity index (χ3n) is 3.90. The van der Waals surface area contributed by atoms with Crippen molar-refractivity contribution in [3.8, 4) is 0 Å². The molecule has 0 N–H and O–H groups in total. The van der Waals surface area contributed by atoms with E-state index in [1.807, 2.05) is 35.6 Å². The van der Waals surface area contributed by atoms with Gasteiger partial charge in [0, 0.05) is 22.4 Å². The standard InChI is InChI=1S/C17H11ClN4O2S/c1-10-8-16-19-20-17(21(16)14-5-3-2-4-12(10)14)25-15-7-6-11(22(23)24)9-13(15)18/h2-9H,1H3. The van der Waals surface area contributed by atoms with Gasteiger partial charge < -0.3 is 0 Å². The number of para-hydroxylation sites is 1. The summed E-state index contributed by atoms with van der Waals surface area (Å²) in [7, 11) is 0. The molecule has 2 heterocycles. The molecule has 0 aliphatic rings. The number of hydrogen-bond acceptors (Lipinski definition) is 5. The van der Waals surface area contributed by atoms with E-state index >= 15 is 0 Å². The van der Waals surface area contributed by atoms with Gasteiger partial charge in [-0.25, -0.2) is 0 Å². The molecule has 0 saturated carbocycles. The third kappa shape index (κ3) is 2.71. The fourth-order valence-corrected chi connectivity index (χ4v) is 3.87. The average molecular weight is 371 g/mol. The van der Waals surface area contributed by atoms with Gasteiger partial charge in [-0.1, -0.05) is 29.8 Å². The second-order valence-corrected chi connectivity index (χ2v) is 6.91. The number of nitro benzene ring substituents is 1. The summed E-state index contributed by atoms with van der Waals surface area (Å²) in [5, 5.41) is 21.4. The molecule has 0 unspecified atom stereocenters. The number of aryl methyl sites for hydroxylation is 1. The van der Waals surface area contributed by atoms with E-state index in [1.165, 1.54) is 23.9 Å². The highest BCUT2D eigenvalue weighted by Gasteiger charge is 2.15. The van der Waals surface area contributed by atoms with Gasteiger partial charge in [0.1, 0.15) is 0 Å². The lowest BCUT2D eigenvalue weighted by Gasteiger charge is -2.07. The van der Waals surface area contributed by atoms with Crippen LogP contribution < -0.4 is 0 Å². The van der Waals surface area contributed by atoms with E-state index < -0.39 is 4.92 Å². The maximum absolute atomic E-state index is 10.8. The minimum absolute atomic E-state index is 0.0403. The van der Waals surface area contributed by atoms with Gasteiger partial charge in [0.25, 0.3) is 5.69 Å². The van der Waals surface area contributed by atoms with Crippen molar-refractivity contribution < 1.29 is 4.92 Å². The molecular formula is C17H11ClN4O2S. The van der Waals surface area contributed by atoms with Crippen molar-refractivity contribution in [1.29, 1.82) is 0 Å². The number of hydrogen-bond donors (Lipinski definition) is 0. The fraction of sp³-hybridized carbons (Fsp3) is 0.0588. The first kappa shape index (κ1) is 15.9. The lowest BCUT2D eigenvalue weighted by molar-refractivity contribution is -0.384. The topological polar surface area (TPSA) is 73.3 Å². The summed E-state index contributed by atoms with van der Waals surface area (Å²) in [6.45, 7) is 2.04. The Hall–Kier alpha value is -2.64. The predicted molar refractivity (Wildman–Crippen MR) is 97.5 cm³/mol. The van der Waals surface area contributed by atoms with Crippen molar-refractivity contribution in [3.05, 3.63) is 69.2 Å². The molecule has 0 amide bonds. The molecule has 25 heavy (non-hydrogen) atoms. The first-order chi connectivity index (χ1) is 12.0. The van der Waals surface area contributed by atoms with E-state index in [9.17, 15) is 10.1 Å². The molecule has 0 radical (unpaired) electrons. The Morgan fingerprint density at radius 1 is 1.16 bits per heavy atom. The summed E-state index contributed by atoms with van der Waals surface area (Å²) in [5.74, 6) is 0. The van der Waals surface area contributed by atoms with Crippen LogP contribution in [0.25, 0.3) is 16.6 Å². The van der Waals surface area contributed by atoms with Gasteiger partial charge in [-0.2, -0.15) is 0 Å². The first-order valence-electron chi connectivity index (χ1n) is 7.40. The second-order valence-electron chi connectivity index (χ2n) is 5.49. The Morgan fingerprint density at radius 2 is 1.96 bits per heavy atom. The third-order valence-corrected chi connectivity index (χ3v) is 5.35. The Bertz CT molecular complexity index is 1140. The molecule has 0 bridgehead atoms. The van der Waals surface area contributed by atoms with Crippen molar-refractivity contribution >= 4 is 45.6 Å². The zero-order valence-corrected chi connectivity index (χ0v) is 14.6. The number of nitrogens with zero attached hydrogens (tertiary/aromatic N) is 4. The molecule has 8 heteroatoms. The van der Waals surface area contributed by atoms with Crippen molar-refractivity contribution in [2.24, 2.45) is 0 Å². The normalized spacial score (nSPS) is 11.3. The Balaban J connectivity index is 1.86. The molecule has 0 atom stereocenters. The Kier molecular flexibility index (Phi) is 3.82. The average Bonchev–Trinajstić information content (AvgIpc) is 2.99. The maximum Gasteiger partial charge on any atom is 0.270 e. The van der Waals surface area contributed by atoms with Crippen LogP contribution in [0.3, 0.4) is 0 Å². The highest BCUT2D eigenvalue weighted by atomic mass is 35.5. The SMILES string of the molecule is Cc1cc2nnc(Sc3ccc([N+](=O)[O-])cc3Cl)n2c2ccccc12. The number of pyridine rings is 1. The number of benzene rings is 2. The summed E-state index contributed by atoms with van der Waals surface area (Å²) < 4.78 is 1.96. The molecule has 0 aliphatic heterocycles. The highest BCUT2D eigenvalue weighted by molar-refractivity contribution is 7.99. The van der Waals surface area contributed by atoms with Gasteiger partial charge in [0.15, 0.2) is 5.65 Å². The van der Waals surface area contributed by atoms with E-state index in [4.69, 9.17) is 11.6 Å². The van der Waals surface area contributed by atoms with E-state index in [0.717, 1.165) is 22.1 Å². The number of halogens is 1. The van der Waals surface area contributed by atoms with Crippen LogP contribution in [0.4, 0.5) is 5.69 Å². The fourth-order valence-electron chi connectivity index (χ4n) is 2.73. The number of fused-ring (bicyclic) bond motifs is 3. The largest absolute Gasteiger partial charge is 0.270 e. The van der Waals surface area contributed by atoms with Crippen molar-refractivity contribution in [3.63, 3.8) is 0 Å². The Labute approximate surface area is 151 Å². The van der Waals surface area contributed by atoms with Crippen LogP contribution in [0.1, 0.15) is 5.56 Å². The van der Waals surface area contributed by atoms with Gasteiger partial charge in [0.05, 0.1) is 15.5 Å². The Morgan fingerprint density at radius 3 is 2.72 bits per heavy atom. The van der Waals surface area contributed by atoms with Crippen LogP contribution in [0.2, 0.25) is 5.02 Å². The van der Waals surface area contributed by atoms with Crippen molar-refractivity contribution in [2.45, 2.75) is 17.0 Å². The van der Waals surface area contributed by atoms with Gasteiger partial charge in [-0.15, -0.1) is 10.2 Å². The molecule has 2 aromatic heterocycles. The summed E-state index contributed by atoms with van der Waals surface area (Å²) in [6, 6.07) is 14.4. The van der Waals surface area contributed by atoms with Crippen LogP contribution in [0.5, 0.6) is 0 Å². The highest BCUT2D eigenvalue weighted by Crippen LogP contribution is 2.35. The summed E-state index contributed by atoms with van der Waals surface area (Å²) in [4.78, 5) is 11.1. The molecule has 4 aromatic rings. The number of nitro groups is 1. The predicted octanol–water partition coefficient (Wildman–Crippen LogP) is 4.90. The summed E-state index contributed by atoms with van der Waals surface area (Å²) >= 11 is 7.53. The van der Waals surface area contributed by atoms with Crippen LogP contribution in [-0.2, 0) is 0 Å². The minimum atomic E-state index is -0.469. The maximum atomic E-state index is 10.8. The van der Waals surface area contributed by atoms with Crippen LogP contribution in [-0.4, -0.2) is 19.5 Å². The lowest BCUT2D eigenvalue weighted by atomic mass is 10.1. The molecule has 124 valence electrons. The summed E-state index contributed by atoms with van der Waals surface area (Å²) in [6.07, 6.45) is 0. The molecule has 0 aliphatic carbocycles. The first-order valence-corrected chi connectivity index (χ1v) is 8.59. The summed E-state index contributed by atoms with van der Waals surface area (Å²) in [5.41, 5.74) is 2.83. The minimum Gasteiger partial charge on any atom is -0.270 e. The molecular weight excluding hydrogens is 360 g/mol. The molecule has 6 nitrogen and oxygen atoms in total. The van der Waals surface area contributed by atoms with Crippen LogP contribution in [0, 0.1) is 17.0 Å². The zero-order chi connectivity index (χ0) is 17.6. The number of aromatic nitrogens is 3. The molecule has 0 saturated heterocycles. The lowest BCUT2D eigenvalue weighted by Crippen LogP contribution is -1.93.